The number of nitrogens with zero attached hydrogens (tertiary/aromatic N) is 1. The minimum Gasteiger partial charge on any atom is -0.459 e. The number of hydrogen-bond donors (Lipinski definition) is 3. The van der Waals surface area contributed by atoms with Crippen LogP contribution in [0.3, 0.4) is 0 Å². The SMILES string of the molecule is O=C(Nc1ccc(CNC(=O)c2n[nH]c(=O)c3ccccc23)cc1)c1ccco1. The Morgan fingerprint density at radius 1 is 0.931 bits per heavy atom. The van der Waals surface area contributed by atoms with Crippen molar-refractivity contribution >= 4 is 28.3 Å². The molecule has 0 unspecified atom stereocenters. The maximum absolute atomic E-state index is 12.5. The molecule has 0 atom stereocenters. The van der Waals surface area contributed by atoms with Crippen LogP contribution in [-0.4, -0.2) is 22.0 Å². The third kappa shape index (κ3) is 3.91. The minimum absolute atomic E-state index is 0.155. The van der Waals surface area contributed by atoms with Crippen LogP contribution < -0.4 is 16.2 Å². The fourth-order valence-electron chi connectivity index (χ4n) is 2.86. The predicted octanol–water partition coefficient (Wildman–Crippen LogP) is 2.70. The Hall–Kier alpha value is -4.20. The van der Waals surface area contributed by atoms with Gasteiger partial charge in [-0.25, -0.2) is 5.10 Å². The summed E-state index contributed by atoms with van der Waals surface area (Å²) in [5.41, 5.74) is 1.25. The van der Waals surface area contributed by atoms with Crippen molar-refractivity contribution in [1.82, 2.24) is 15.5 Å². The number of H-pyrrole nitrogens is 1. The summed E-state index contributed by atoms with van der Waals surface area (Å²) in [4.78, 5) is 36.3. The minimum atomic E-state index is -0.396. The van der Waals surface area contributed by atoms with Gasteiger partial charge < -0.3 is 15.1 Å². The predicted molar refractivity (Wildman–Crippen MR) is 107 cm³/mol. The van der Waals surface area contributed by atoms with E-state index in [0.717, 1.165) is 5.56 Å². The summed E-state index contributed by atoms with van der Waals surface area (Å²) in [6.45, 7) is 0.264. The Balaban J connectivity index is 1.42. The molecule has 0 radical (unpaired) electrons. The molecule has 0 spiro atoms. The lowest BCUT2D eigenvalue weighted by molar-refractivity contribution is 0.0945. The Labute approximate surface area is 164 Å². The van der Waals surface area contributed by atoms with Crippen LogP contribution in [0, 0.1) is 0 Å². The lowest BCUT2D eigenvalue weighted by Crippen LogP contribution is -2.26. The van der Waals surface area contributed by atoms with Crippen molar-refractivity contribution in [1.29, 1.82) is 0 Å². The standard InChI is InChI=1S/C21H16N4O4/c26-19-16-5-2-1-4-15(16)18(24-25-19)21(28)22-12-13-7-9-14(10-8-13)23-20(27)17-6-3-11-29-17/h1-11H,12H2,(H,22,28)(H,23,27)(H,25,26). The highest BCUT2D eigenvalue weighted by molar-refractivity contribution is 6.04. The zero-order chi connectivity index (χ0) is 20.2. The van der Waals surface area contributed by atoms with E-state index in [4.69, 9.17) is 4.42 Å². The number of aromatic nitrogens is 2. The van der Waals surface area contributed by atoms with Crippen LogP contribution in [0.1, 0.15) is 26.6 Å². The fourth-order valence-corrected chi connectivity index (χ4v) is 2.86. The van der Waals surface area contributed by atoms with E-state index in [-0.39, 0.29) is 29.5 Å². The molecule has 144 valence electrons. The Morgan fingerprint density at radius 2 is 1.69 bits per heavy atom. The van der Waals surface area contributed by atoms with E-state index in [1.807, 2.05) is 0 Å². The van der Waals surface area contributed by atoms with Crippen molar-refractivity contribution in [3.05, 3.63) is 94.3 Å². The number of aromatic amines is 1. The van der Waals surface area contributed by atoms with E-state index in [1.165, 1.54) is 6.26 Å². The summed E-state index contributed by atoms with van der Waals surface area (Å²) >= 11 is 0. The maximum Gasteiger partial charge on any atom is 0.291 e. The van der Waals surface area contributed by atoms with Crippen molar-refractivity contribution in [2.45, 2.75) is 6.54 Å². The molecule has 0 saturated heterocycles. The molecule has 8 nitrogen and oxygen atoms in total. The van der Waals surface area contributed by atoms with Crippen LogP contribution in [0.15, 0.2) is 76.1 Å². The topological polar surface area (TPSA) is 117 Å². The summed E-state index contributed by atoms with van der Waals surface area (Å²) in [5, 5.41) is 12.6. The molecule has 0 saturated carbocycles. The third-order valence-electron chi connectivity index (χ3n) is 4.32. The number of carbonyl (C=O) groups is 2. The van der Waals surface area contributed by atoms with Gasteiger partial charge in [0.2, 0.25) is 0 Å². The van der Waals surface area contributed by atoms with Gasteiger partial charge >= 0.3 is 0 Å². The van der Waals surface area contributed by atoms with Crippen molar-refractivity contribution in [3.63, 3.8) is 0 Å². The van der Waals surface area contributed by atoms with Gasteiger partial charge in [-0.2, -0.15) is 5.10 Å². The van der Waals surface area contributed by atoms with Gasteiger partial charge in [-0.3, -0.25) is 14.4 Å². The molecule has 29 heavy (non-hydrogen) atoms. The molecular weight excluding hydrogens is 372 g/mol. The molecular formula is C21H16N4O4. The molecule has 2 heterocycles. The van der Waals surface area contributed by atoms with Crippen LogP contribution >= 0.6 is 0 Å². The lowest BCUT2D eigenvalue weighted by Gasteiger charge is -2.08. The molecule has 2 aromatic carbocycles. The summed E-state index contributed by atoms with van der Waals surface area (Å²) in [6.07, 6.45) is 1.43. The van der Waals surface area contributed by atoms with Gasteiger partial charge in [0.25, 0.3) is 17.4 Å². The average Bonchev–Trinajstić information content (AvgIpc) is 3.29. The van der Waals surface area contributed by atoms with Crippen molar-refractivity contribution in [3.8, 4) is 0 Å². The molecule has 8 heteroatoms. The second kappa shape index (κ2) is 7.81. The maximum atomic E-state index is 12.5. The number of furan rings is 1. The smallest absolute Gasteiger partial charge is 0.291 e. The van der Waals surface area contributed by atoms with E-state index < -0.39 is 5.91 Å². The summed E-state index contributed by atoms with van der Waals surface area (Å²) in [5.74, 6) is -0.512. The molecule has 4 rings (SSSR count). The van der Waals surface area contributed by atoms with Crippen LogP contribution in [0.5, 0.6) is 0 Å². The van der Waals surface area contributed by atoms with E-state index in [0.29, 0.717) is 16.5 Å². The average molecular weight is 388 g/mol. The van der Waals surface area contributed by atoms with E-state index in [1.54, 1.807) is 60.7 Å². The number of benzene rings is 2. The first-order valence-electron chi connectivity index (χ1n) is 8.81. The number of nitrogens with one attached hydrogen (secondary N) is 3. The number of rotatable bonds is 5. The largest absolute Gasteiger partial charge is 0.459 e. The molecule has 0 aliphatic rings. The van der Waals surface area contributed by atoms with Crippen LogP contribution in [0.25, 0.3) is 10.8 Å². The molecule has 2 aromatic heterocycles. The number of amides is 2. The molecule has 0 bridgehead atoms. The normalized spacial score (nSPS) is 10.6. The number of anilines is 1. The van der Waals surface area contributed by atoms with E-state index >= 15 is 0 Å². The zero-order valence-electron chi connectivity index (χ0n) is 15.1. The van der Waals surface area contributed by atoms with Crippen molar-refractivity contribution in [2.24, 2.45) is 0 Å². The number of carbonyl (C=O) groups excluding carboxylic acids is 2. The zero-order valence-corrected chi connectivity index (χ0v) is 15.1. The quantitative estimate of drug-likeness (QED) is 0.486. The van der Waals surface area contributed by atoms with Gasteiger partial charge in [0, 0.05) is 17.6 Å². The van der Waals surface area contributed by atoms with Gasteiger partial charge in [0.05, 0.1) is 11.6 Å². The van der Waals surface area contributed by atoms with Crippen LogP contribution in [-0.2, 0) is 6.54 Å². The van der Waals surface area contributed by atoms with Gasteiger partial charge in [0.15, 0.2) is 11.5 Å². The lowest BCUT2D eigenvalue weighted by atomic mass is 10.1. The monoisotopic (exact) mass is 388 g/mol. The molecule has 3 N–H and O–H groups in total. The molecule has 2 amide bonds. The van der Waals surface area contributed by atoms with Gasteiger partial charge in [-0.1, -0.05) is 30.3 Å². The van der Waals surface area contributed by atoms with Crippen molar-refractivity contribution < 1.29 is 14.0 Å². The molecule has 0 aliphatic heterocycles. The summed E-state index contributed by atoms with van der Waals surface area (Å²) in [6, 6.07) is 17.1. The Kier molecular flexibility index (Phi) is 4.90. The van der Waals surface area contributed by atoms with E-state index in [9.17, 15) is 14.4 Å². The van der Waals surface area contributed by atoms with Crippen LogP contribution in [0.2, 0.25) is 0 Å². The van der Waals surface area contributed by atoms with E-state index in [2.05, 4.69) is 20.8 Å². The number of hydrogen-bond acceptors (Lipinski definition) is 5. The molecule has 0 aliphatic carbocycles. The van der Waals surface area contributed by atoms with Gasteiger partial charge in [-0.05, 0) is 35.9 Å². The summed E-state index contributed by atoms with van der Waals surface area (Å²) in [7, 11) is 0. The first-order valence-corrected chi connectivity index (χ1v) is 8.81. The fraction of sp³-hybridized carbons (Fsp3) is 0.0476. The molecule has 0 fully saturated rings. The van der Waals surface area contributed by atoms with Gasteiger partial charge in [0.1, 0.15) is 0 Å². The third-order valence-corrected chi connectivity index (χ3v) is 4.32. The highest BCUT2D eigenvalue weighted by Gasteiger charge is 2.14. The number of fused-ring (bicyclic) bond motifs is 1. The Bertz CT molecular complexity index is 1230. The highest BCUT2D eigenvalue weighted by Crippen LogP contribution is 2.14. The first kappa shape index (κ1) is 18.2. The van der Waals surface area contributed by atoms with Gasteiger partial charge in [-0.15, -0.1) is 0 Å². The van der Waals surface area contributed by atoms with Crippen molar-refractivity contribution in [2.75, 3.05) is 5.32 Å². The first-order chi connectivity index (χ1) is 14.1. The van der Waals surface area contributed by atoms with Crippen LogP contribution in [0.4, 0.5) is 5.69 Å². The molecule has 4 aromatic rings. The summed E-state index contributed by atoms with van der Waals surface area (Å²) < 4.78 is 5.05. The second-order valence-corrected chi connectivity index (χ2v) is 6.26. The Morgan fingerprint density at radius 3 is 2.41 bits per heavy atom. The highest BCUT2D eigenvalue weighted by atomic mass is 16.3. The second-order valence-electron chi connectivity index (χ2n) is 6.26.